The standard InChI is InChI=1S/C16H24N2O3/c1-11-7-8-12(9-17-11)10-18-16(19)15-13(20-2)5-4-6-14(15)21-3/h4-6,11-12,17H,7-10H2,1-3H3,(H,18,19). The summed E-state index contributed by atoms with van der Waals surface area (Å²) in [6, 6.07) is 5.91. The Balaban J connectivity index is 2.00. The van der Waals surface area contributed by atoms with Gasteiger partial charge in [0.25, 0.3) is 5.91 Å². The van der Waals surface area contributed by atoms with Crippen LogP contribution in [0.1, 0.15) is 30.1 Å². The van der Waals surface area contributed by atoms with Gasteiger partial charge in [-0.15, -0.1) is 0 Å². The first-order valence-corrected chi connectivity index (χ1v) is 7.38. The molecule has 1 aliphatic heterocycles. The predicted molar refractivity (Wildman–Crippen MR) is 82.1 cm³/mol. The fraction of sp³-hybridized carbons (Fsp3) is 0.562. The molecule has 2 unspecified atom stereocenters. The fourth-order valence-electron chi connectivity index (χ4n) is 2.63. The van der Waals surface area contributed by atoms with Crippen LogP contribution in [-0.4, -0.2) is 39.3 Å². The second-order valence-electron chi connectivity index (χ2n) is 5.50. The van der Waals surface area contributed by atoms with Gasteiger partial charge in [0.1, 0.15) is 17.1 Å². The van der Waals surface area contributed by atoms with Gasteiger partial charge in [0.15, 0.2) is 0 Å². The van der Waals surface area contributed by atoms with Crippen LogP contribution in [0.25, 0.3) is 0 Å². The van der Waals surface area contributed by atoms with Gasteiger partial charge >= 0.3 is 0 Å². The van der Waals surface area contributed by atoms with Gasteiger partial charge in [0.05, 0.1) is 14.2 Å². The minimum atomic E-state index is -0.150. The Bertz CT molecular complexity index is 460. The second-order valence-corrected chi connectivity index (χ2v) is 5.50. The molecule has 0 radical (unpaired) electrons. The lowest BCUT2D eigenvalue weighted by Crippen LogP contribution is -2.42. The van der Waals surface area contributed by atoms with Crippen LogP contribution in [0.15, 0.2) is 18.2 Å². The van der Waals surface area contributed by atoms with E-state index in [0.29, 0.717) is 35.6 Å². The number of hydrogen-bond acceptors (Lipinski definition) is 4. The Hall–Kier alpha value is -1.75. The number of carbonyl (C=O) groups is 1. The highest BCUT2D eigenvalue weighted by molar-refractivity contribution is 5.99. The van der Waals surface area contributed by atoms with Crippen molar-refractivity contribution in [2.24, 2.45) is 5.92 Å². The first kappa shape index (κ1) is 15.6. The number of nitrogens with one attached hydrogen (secondary N) is 2. The summed E-state index contributed by atoms with van der Waals surface area (Å²) in [5.41, 5.74) is 0.458. The van der Waals surface area contributed by atoms with Gasteiger partial charge in [0.2, 0.25) is 0 Å². The molecule has 21 heavy (non-hydrogen) atoms. The maximum absolute atomic E-state index is 12.4. The molecule has 1 amide bonds. The highest BCUT2D eigenvalue weighted by Crippen LogP contribution is 2.28. The lowest BCUT2D eigenvalue weighted by atomic mass is 9.95. The first-order valence-electron chi connectivity index (χ1n) is 7.38. The summed E-state index contributed by atoms with van der Waals surface area (Å²) < 4.78 is 10.5. The van der Waals surface area contributed by atoms with Crippen molar-refractivity contribution in [3.8, 4) is 11.5 Å². The van der Waals surface area contributed by atoms with Gasteiger partial charge in [-0.25, -0.2) is 0 Å². The van der Waals surface area contributed by atoms with Gasteiger partial charge in [-0.3, -0.25) is 4.79 Å². The van der Waals surface area contributed by atoms with Crippen LogP contribution in [0, 0.1) is 5.92 Å². The molecular weight excluding hydrogens is 268 g/mol. The quantitative estimate of drug-likeness (QED) is 0.869. The number of hydrogen-bond donors (Lipinski definition) is 2. The van der Waals surface area contributed by atoms with E-state index < -0.39 is 0 Å². The van der Waals surface area contributed by atoms with Crippen LogP contribution in [0.4, 0.5) is 0 Å². The summed E-state index contributed by atoms with van der Waals surface area (Å²) in [5.74, 6) is 1.39. The summed E-state index contributed by atoms with van der Waals surface area (Å²) in [6.45, 7) is 3.80. The van der Waals surface area contributed by atoms with Crippen LogP contribution in [0.2, 0.25) is 0 Å². The number of piperidine rings is 1. The van der Waals surface area contributed by atoms with Crippen LogP contribution in [0.5, 0.6) is 11.5 Å². The summed E-state index contributed by atoms with van der Waals surface area (Å²) in [6.07, 6.45) is 2.29. The molecular formula is C16H24N2O3. The Morgan fingerprint density at radius 3 is 2.48 bits per heavy atom. The van der Waals surface area contributed by atoms with Crippen LogP contribution < -0.4 is 20.1 Å². The van der Waals surface area contributed by atoms with Gasteiger partial charge < -0.3 is 20.1 Å². The monoisotopic (exact) mass is 292 g/mol. The third kappa shape index (κ3) is 3.88. The molecule has 0 spiro atoms. The molecule has 0 saturated carbocycles. The molecule has 0 aliphatic carbocycles. The second kappa shape index (κ2) is 7.31. The molecule has 1 saturated heterocycles. The molecule has 1 fully saturated rings. The zero-order valence-corrected chi connectivity index (χ0v) is 12.9. The minimum Gasteiger partial charge on any atom is -0.496 e. The van der Waals surface area contributed by atoms with Gasteiger partial charge in [-0.05, 0) is 44.4 Å². The summed E-state index contributed by atoms with van der Waals surface area (Å²) in [7, 11) is 3.11. The largest absolute Gasteiger partial charge is 0.496 e. The molecule has 2 rings (SSSR count). The lowest BCUT2D eigenvalue weighted by Gasteiger charge is -2.27. The normalized spacial score (nSPS) is 21.7. The SMILES string of the molecule is COc1cccc(OC)c1C(=O)NCC1CCC(C)NC1. The van der Waals surface area contributed by atoms with E-state index in [0.717, 1.165) is 19.4 Å². The van der Waals surface area contributed by atoms with E-state index in [4.69, 9.17) is 9.47 Å². The Morgan fingerprint density at radius 1 is 1.29 bits per heavy atom. The van der Waals surface area contributed by atoms with Crippen molar-refractivity contribution >= 4 is 5.91 Å². The van der Waals surface area contributed by atoms with E-state index >= 15 is 0 Å². The Kier molecular flexibility index (Phi) is 5.44. The Labute approximate surface area is 126 Å². The van der Waals surface area contributed by atoms with Crippen molar-refractivity contribution in [1.82, 2.24) is 10.6 Å². The van der Waals surface area contributed by atoms with Crippen molar-refractivity contribution in [3.63, 3.8) is 0 Å². The summed E-state index contributed by atoms with van der Waals surface area (Å²) in [5, 5.41) is 6.43. The smallest absolute Gasteiger partial charge is 0.258 e. The maximum atomic E-state index is 12.4. The molecule has 0 bridgehead atoms. The lowest BCUT2D eigenvalue weighted by molar-refractivity contribution is 0.0937. The number of ether oxygens (including phenoxy) is 2. The molecule has 2 N–H and O–H groups in total. The fourth-order valence-corrected chi connectivity index (χ4v) is 2.63. The minimum absolute atomic E-state index is 0.150. The molecule has 116 valence electrons. The van der Waals surface area contributed by atoms with Crippen LogP contribution in [0.3, 0.4) is 0 Å². The number of rotatable bonds is 5. The summed E-state index contributed by atoms with van der Waals surface area (Å²) in [4.78, 5) is 12.4. The number of benzene rings is 1. The maximum Gasteiger partial charge on any atom is 0.258 e. The van der Waals surface area contributed by atoms with E-state index in [9.17, 15) is 4.79 Å². The van der Waals surface area contributed by atoms with E-state index in [1.54, 1.807) is 32.4 Å². The highest BCUT2D eigenvalue weighted by Gasteiger charge is 2.21. The van der Waals surface area contributed by atoms with Gasteiger partial charge in [-0.1, -0.05) is 6.07 Å². The van der Waals surface area contributed by atoms with Crippen molar-refractivity contribution in [2.75, 3.05) is 27.3 Å². The average Bonchev–Trinajstić information content (AvgIpc) is 2.53. The third-order valence-electron chi connectivity index (χ3n) is 3.97. The topological polar surface area (TPSA) is 59.6 Å². The molecule has 0 aromatic heterocycles. The van der Waals surface area contributed by atoms with E-state index in [2.05, 4.69) is 17.6 Å². The zero-order chi connectivity index (χ0) is 15.2. The molecule has 5 nitrogen and oxygen atoms in total. The van der Waals surface area contributed by atoms with Crippen molar-refractivity contribution in [2.45, 2.75) is 25.8 Å². The third-order valence-corrected chi connectivity index (χ3v) is 3.97. The van der Waals surface area contributed by atoms with Gasteiger partial charge in [0, 0.05) is 12.6 Å². The molecule has 5 heteroatoms. The zero-order valence-electron chi connectivity index (χ0n) is 12.9. The van der Waals surface area contributed by atoms with E-state index in [1.165, 1.54) is 0 Å². The number of methoxy groups -OCH3 is 2. The number of carbonyl (C=O) groups excluding carboxylic acids is 1. The molecule has 2 atom stereocenters. The molecule has 1 aliphatic rings. The van der Waals surface area contributed by atoms with Crippen molar-refractivity contribution < 1.29 is 14.3 Å². The highest BCUT2D eigenvalue weighted by atomic mass is 16.5. The first-order chi connectivity index (χ1) is 10.2. The van der Waals surface area contributed by atoms with E-state index in [1.807, 2.05) is 0 Å². The number of amides is 1. The van der Waals surface area contributed by atoms with Crippen LogP contribution in [-0.2, 0) is 0 Å². The van der Waals surface area contributed by atoms with E-state index in [-0.39, 0.29) is 5.91 Å². The average molecular weight is 292 g/mol. The van der Waals surface area contributed by atoms with Crippen LogP contribution >= 0.6 is 0 Å². The van der Waals surface area contributed by atoms with Crippen molar-refractivity contribution in [1.29, 1.82) is 0 Å². The van der Waals surface area contributed by atoms with Gasteiger partial charge in [-0.2, -0.15) is 0 Å². The Morgan fingerprint density at radius 2 is 1.95 bits per heavy atom. The molecule has 1 aromatic carbocycles. The molecule has 1 heterocycles. The molecule has 1 aromatic rings. The summed E-state index contributed by atoms with van der Waals surface area (Å²) >= 11 is 0. The predicted octanol–water partition coefficient (Wildman–Crippen LogP) is 1.82. The van der Waals surface area contributed by atoms with Crippen molar-refractivity contribution in [3.05, 3.63) is 23.8 Å².